The average molecular weight is 524 g/mol. The molecule has 0 saturated carbocycles. The Kier molecular flexibility index (Phi) is 6.26. The number of hydrogen-bond donors (Lipinski definition) is 1. The summed E-state index contributed by atoms with van der Waals surface area (Å²) in [5, 5.41) is 6.83. The van der Waals surface area contributed by atoms with Crippen LogP contribution in [0.5, 0.6) is 5.75 Å². The van der Waals surface area contributed by atoms with Crippen molar-refractivity contribution >= 4 is 17.5 Å². The summed E-state index contributed by atoms with van der Waals surface area (Å²) >= 11 is 0. The van der Waals surface area contributed by atoms with Gasteiger partial charge in [0.25, 0.3) is 11.5 Å². The number of ether oxygens (including phenoxy) is 1. The predicted octanol–water partition coefficient (Wildman–Crippen LogP) is 3.90. The van der Waals surface area contributed by atoms with Gasteiger partial charge >= 0.3 is 0 Å². The van der Waals surface area contributed by atoms with Crippen LogP contribution in [0, 0.1) is 5.41 Å². The maximum absolute atomic E-state index is 13.7. The Morgan fingerprint density at radius 1 is 0.949 bits per heavy atom. The van der Waals surface area contributed by atoms with Gasteiger partial charge in [0.2, 0.25) is 5.91 Å². The molecular weight excluding hydrogens is 494 g/mol. The van der Waals surface area contributed by atoms with Gasteiger partial charge in [0.05, 0.1) is 18.7 Å². The van der Waals surface area contributed by atoms with Crippen molar-refractivity contribution in [2.45, 2.75) is 19.3 Å². The highest BCUT2D eigenvalue weighted by Crippen LogP contribution is 2.44. The van der Waals surface area contributed by atoms with Crippen molar-refractivity contribution in [2.24, 2.45) is 5.41 Å². The minimum atomic E-state index is -0.453. The van der Waals surface area contributed by atoms with Crippen LogP contribution in [-0.4, -0.2) is 58.2 Å². The lowest BCUT2D eigenvalue weighted by molar-refractivity contribution is -0.127. The second-order valence-electron chi connectivity index (χ2n) is 10.1. The number of pyridine rings is 1. The van der Waals surface area contributed by atoms with Gasteiger partial charge in [0, 0.05) is 72.2 Å². The Hall–Kier alpha value is -4.66. The number of carbonyl (C=O) groups is 2. The summed E-state index contributed by atoms with van der Waals surface area (Å²) in [6.07, 6.45) is 7.28. The monoisotopic (exact) mass is 523 g/mol. The van der Waals surface area contributed by atoms with E-state index in [1.54, 1.807) is 55.9 Å². The standard InChI is InChI=1S/C30H29N5O4/c1-39-26-18-24(9-10-25(26)22-19-31-32-20-22)35-17-13-30(29(35)38)11-15-33(16-12-30)28(37)21-5-7-23(8-6-21)34-14-3-2-4-27(34)36/h2-10,14,18-20H,11-13,15-17H2,1H3,(H,31,32). The Balaban J connectivity index is 1.13. The van der Waals surface area contributed by atoms with Crippen molar-refractivity contribution in [2.75, 3.05) is 31.6 Å². The molecule has 2 fully saturated rings. The van der Waals surface area contributed by atoms with Crippen LogP contribution < -0.4 is 15.2 Å². The third kappa shape index (κ3) is 4.39. The van der Waals surface area contributed by atoms with Crippen molar-refractivity contribution < 1.29 is 14.3 Å². The first kappa shape index (κ1) is 24.7. The van der Waals surface area contributed by atoms with Crippen molar-refractivity contribution in [3.63, 3.8) is 0 Å². The normalized spacial score (nSPS) is 16.6. The second-order valence-corrected chi connectivity index (χ2v) is 10.1. The molecule has 0 aliphatic carbocycles. The maximum Gasteiger partial charge on any atom is 0.255 e. The van der Waals surface area contributed by atoms with E-state index in [0.29, 0.717) is 49.5 Å². The number of anilines is 1. The summed E-state index contributed by atoms with van der Waals surface area (Å²) in [7, 11) is 1.62. The molecule has 9 nitrogen and oxygen atoms in total. The van der Waals surface area contributed by atoms with Crippen LogP contribution in [0.15, 0.2) is 84.0 Å². The Bertz CT molecular complexity index is 1570. The number of nitrogens with zero attached hydrogens (tertiary/aromatic N) is 4. The fraction of sp³-hybridized carbons (Fsp3) is 0.267. The molecular formula is C30H29N5O4. The van der Waals surface area contributed by atoms with Crippen LogP contribution in [-0.2, 0) is 4.79 Å². The molecule has 0 atom stereocenters. The second kappa shape index (κ2) is 9.90. The van der Waals surface area contributed by atoms with E-state index in [4.69, 9.17) is 4.74 Å². The molecule has 1 N–H and O–H groups in total. The SMILES string of the molecule is COc1cc(N2CCC3(CCN(C(=O)c4ccc(-n5ccccc5=O)cc4)CC3)C2=O)ccc1-c1cn[nH]c1. The van der Waals surface area contributed by atoms with Gasteiger partial charge in [-0.25, -0.2) is 0 Å². The summed E-state index contributed by atoms with van der Waals surface area (Å²) in [4.78, 5) is 42.7. The van der Waals surface area contributed by atoms with E-state index < -0.39 is 5.41 Å². The molecule has 2 aromatic heterocycles. The molecule has 0 bridgehead atoms. The summed E-state index contributed by atoms with van der Waals surface area (Å²) in [6.45, 7) is 1.70. The largest absolute Gasteiger partial charge is 0.496 e. The van der Waals surface area contributed by atoms with Crippen LogP contribution in [0.4, 0.5) is 5.69 Å². The minimum Gasteiger partial charge on any atom is -0.496 e. The van der Waals surface area contributed by atoms with Crippen molar-refractivity contribution in [3.05, 3.63) is 95.2 Å². The Morgan fingerprint density at radius 3 is 2.38 bits per heavy atom. The number of hydrogen-bond acceptors (Lipinski definition) is 5. The lowest BCUT2D eigenvalue weighted by atomic mass is 9.77. The third-order valence-corrected chi connectivity index (χ3v) is 8.04. The van der Waals surface area contributed by atoms with Crippen LogP contribution in [0.25, 0.3) is 16.8 Å². The lowest BCUT2D eigenvalue weighted by Gasteiger charge is -2.38. The number of piperidine rings is 1. The van der Waals surface area contributed by atoms with Gasteiger partial charge in [-0.2, -0.15) is 5.10 Å². The van der Waals surface area contributed by atoms with E-state index in [9.17, 15) is 14.4 Å². The van der Waals surface area contributed by atoms with Crippen LogP contribution in [0.2, 0.25) is 0 Å². The molecule has 2 aliphatic heterocycles. The molecule has 9 heteroatoms. The number of nitrogens with one attached hydrogen (secondary N) is 1. The zero-order valence-electron chi connectivity index (χ0n) is 21.7. The van der Waals surface area contributed by atoms with E-state index in [2.05, 4.69) is 10.2 Å². The number of aromatic nitrogens is 3. The van der Waals surface area contributed by atoms with E-state index in [-0.39, 0.29) is 17.4 Å². The minimum absolute atomic E-state index is 0.0568. The first-order valence-corrected chi connectivity index (χ1v) is 13.1. The summed E-state index contributed by atoms with van der Waals surface area (Å²) in [5.41, 5.74) is 3.35. The molecule has 0 radical (unpaired) electrons. The molecule has 2 amide bonds. The number of likely N-dealkylation sites (tertiary alicyclic amines) is 1. The maximum atomic E-state index is 13.7. The quantitative estimate of drug-likeness (QED) is 0.428. The number of benzene rings is 2. The van der Waals surface area contributed by atoms with Gasteiger partial charge < -0.3 is 14.5 Å². The molecule has 6 rings (SSSR count). The Labute approximate surface area is 225 Å². The van der Waals surface area contributed by atoms with Crippen molar-refractivity contribution in [1.29, 1.82) is 0 Å². The van der Waals surface area contributed by atoms with Crippen LogP contribution >= 0.6 is 0 Å². The average Bonchev–Trinajstić information content (AvgIpc) is 3.62. The fourth-order valence-corrected chi connectivity index (χ4v) is 5.74. The van der Waals surface area contributed by atoms with E-state index in [0.717, 1.165) is 23.2 Å². The van der Waals surface area contributed by atoms with E-state index >= 15 is 0 Å². The molecule has 39 heavy (non-hydrogen) atoms. The molecule has 2 saturated heterocycles. The van der Waals surface area contributed by atoms with Gasteiger partial charge in [-0.3, -0.25) is 24.0 Å². The highest BCUT2D eigenvalue weighted by Gasteiger charge is 2.49. The number of carbonyl (C=O) groups excluding carboxylic acids is 2. The highest BCUT2D eigenvalue weighted by atomic mass is 16.5. The molecule has 2 aromatic carbocycles. The number of rotatable bonds is 5. The van der Waals surface area contributed by atoms with Crippen LogP contribution in [0.1, 0.15) is 29.6 Å². The summed E-state index contributed by atoms with van der Waals surface area (Å²) < 4.78 is 7.16. The summed E-state index contributed by atoms with van der Waals surface area (Å²) in [6, 6.07) is 17.9. The zero-order chi connectivity index (χ0) is 27.0. The van der Waals surface area contributed by atoms with Crippen molar-refractivity contribution in [3.8, 4) is 22.6 Å². The highest BCUT2D eigenvalue weighted by molar-refractivity contribution is 6.01. The van der Waals surface area contributed by atoms with Crippen molar-refractivity contribution in [1.82, 2.24) is 19.7 Å². The third-order valence-electron chi connectivity index (χ3n) is 8.04. The topological polar surface area (TPSA) is 101 Å². The first-order chi connectivity index (χ1) is 19.0. The van der Waals surface area contributed by atoms with Gasteiger partial charge in [0.15, 0.2) is 0 Å². The lowest BCUT2D eigenvalue weighted by Crippen LogP contribution is -2.46. The number of methoxy groups -OCH3 is 1. The molecule has 0 unspecified atom stereocenters. The van der Waals surface area contributed by atoms with Gasteiger partial charge in [0.1, 0.15) is 5.75 Å². The first-order valence-electron chi connectivity index (χ1n) is 13.1. The Morgan fingerprint density at radius 2 is 1.69 bits per heavy atom. The summed E-state index contributed by atoms with van der Waals surface area (Å²) in [5.74, 6) is 0.746. The molecule has 2 aliphatic rings. The molecule has 4 aromatic rings. The number of amides is 2. The van der Waals surface area contributed by atoms with Crippen LogP contribution in [0.3, 0.4) is 0 Å². The van der Waals surface area contributed by atoms with Gasteiger partial charge in [-0.15, -0.1) is 0 Å². The molecule has 198 valence electrons. The molecule has 4 heterocycles. The van der Waals surface area contributed by atoms with Gasteiger partial charge in [-0.1, -0.05) is 6.07 Å². The molecule has 1 spiro atoms. The number of H-pyrrole nitrogens is 1. The smallest absolute Gasteiger partial charge is 0.255 e. The van der Waals surface area contributed by atoms with Gasteiger partial charge in [-0.05, 0) is 61.7 Å². The fourth-order valence-electron chi connectivity index (χ4n) is 5.74. The zero-order valence-corrected chi connectivity index (χ0v) is 21.7. The van der Waals surface area contributed by atoms with E-state index in [1.165, 1.54) is 10.6 Å². The number of aromatic amines is 1. The van der Waals surface area contributed by atoms with E-state index in [1.807, 2.05) is 34.2 Å². The predicted molar refractivity (Wildman–Crippen MR) is 147 cm³/mol.